The van der Waals surface area contributed by atoms with E-state index in [-0.39, 0.29) is 29.7 Å². The zero-order valence-electron chi connectivity index (χ0n) is 10.7. The second-order valence-electron chi connectivity index (χ2n) is 4.03. The summed E-state index contributed by atoms with van der Waals surface area (Å²) < 4.78 is 18.2. The average Bonchev–Trinajstić information content (AvgIpc) is 2.37. The van der Waals surface area contributed by atoms with Crippen LogP contribution >= 0.6 is 11.6 Å². The molecule has 1 rings (SSSR count). The number of aliphatic hydroxyl groups is 1. The summed E-state index contributed by atoms with van der Waals surface area (Å²) in [4.78, 5) is 11.8. The Morgan fingerprint density at radius 3 is 2.89 bits per heavy atom. The molecule has 1 aromatic rings. The van der Waals surface area contributed by atoms with Crippen molar-refractivity contribution in [1.29, 1.82) is 0 Å². The summed E-state index contributed by atoms with van der Waals surface area (Å²) in [7, 11) is 0. The van der Waals surface area contributed by atoms with Gasteiger partial charge < -0.3 is 15.2 Å². The van der Waals surface area contributed by atoms with Gasteiger partial charge in [0.15, 0.2) is 0 Å². The number of ether oxygens (including phenoxy) is 1. The summed E-state index contributed by atoms with van der Waals surface area (Å²) in [6, 6.07) is 2.56. The lowest BCUT2D eigenvalue weighted by molar-refractivity contribution is 0.0867. The minimum atomic E-state index is -0.432. The van der Waals surface area contributed by atoms with Crippen molar-refractivity contribution in [2.24, 2.45) is 0 Å². The Morgan fingerprint density at radius 1 is 1.47 bits per heavy atom. The van der Waals surface area contributed by atoms with Crippen molar-refractivity contribution in [2.45, 2.75) is 13.3 Å². The molecule has 2 N–H and O–H groups in total. The molecule has 4 nitrogen and oxygen atoms in total. The molecule has 0 aliphatic heterocycles. The zero-order valence-corrected chi connectivity index (χ0v) is 11.5. The van der Waals surface area contributed by atoms with E-state index < -0.39 is 5.82 Å². The van der Waals surface area contributed by atoms with Gasteiger partial charge in [0, 0.05) is 13.2 Å². The Morgan fingerprint density at radius 2 is 2.21 bits per heavy atom. The highest BCUT2D eigenvalue weighted by Crippen LogP contribution is 2.20. The van der Waals surface area contributed by atoms with Gasteiger partial charge in [0.25, 0.3) is 5.91 Å². The first-order valence-electron chi connectivity index (χ1n) is 5.98. The van der Waals surface area contributed by atoms with Gasteiger partial charge in [0.2, 0.25) is 0 Å². The van der Waals surface area contributed by atoms with Crippen LogP contribution in [0.4, 0.5) is 4.39 Å². The number of amides is 1. The molecule has 1 amide bonds. The molecule has 0 saturated heterocycles. The van der Waals surface area contributed by atoms with Crippen molar-refractivity contribution in [2.75, 3.05) is 26.4 Å². The fraction of sp³-hybridized carbons (Fsp3) is 0.462. The van der Waals surface area contributed by atoms with Crippen LogP contribution in [-0.4, -0.2) is 37.4 Å². The first-order chi connectivity index (χ1) is 9.06. The number of halogens is 2. The van der Waals surface area contributed by atoms with Gasteiger partial charge in [-0.2, -0.15) is 0 Å². The zero-order chi connectivity index (χ0) is 14.3. The molecule has 0 spiro atoms. The first-order valence-corrected chi connectivity index (χ1v) is 6.36. The number of nitrogens with one attached hydrogen (secondary N) is 1. The van der Waals surface area contributed by atoms with E-state index in [9.17, 15) is 9.18 Å². The number of carbonyl (C=O) groups excluding carboxylic acids is 1. The van der Waals surface area contributed by atoms with Crippen molar-refractivity contribution in [1.82, 2.24) is 5.32 Å². The van der Waals surface area contributed by atoms with E-state index in [0.29, 0.717) is 25.1 Å². The van der Waals surface area contributed by atoms with Gasteiger partial charge >= 0.3 is 0 Å². The van der Waals surface area contributed by atoms with Crippen molar-refractivity contribution in [3.8, 4) is 0 Å². The van der Waals surface area contributed by atoms with Gasteiger partial charge in [-0.1, -0.05) is 11.6 Å². The average molecular weight is 290 g/mol. The van der Waals surface area contributed by atoms with E-state index in [1.807, 2.05) is 0 Å². The lowest BCUT2D eigenvalue weighted by Gasteiger charge is -2.08. The second kappa shape index (κ2) is 8.09. The molecule has 0 unspecified atom stereocenters. The Kier molecular flexibility index (Phi) is 6.77. The van der Waals surface area contributed by atoms with Crippen LogP contribution in [0.5, 0.6) is 0 Å². The maximum absolute atomic E-state index is 13.2. The van der Waals surface area contributed by atoms with Gasteiger partial charge in [-0.3, -0.25) is 4.79 Å². The van der Waals surface area contributed by atoms with Crippen LogP contribution < -0.4 is 5.32 Å². The van der Waals surface area contributed by atoms with Crippen LogP contribution in [0.25, 0.3) is 0 Å². The van der Waals surface area contributed by atoms with Crippen molar-refractivity contribution in [3.63, 3.8) is 0 Å². The van der Waals surface area contributed by atoms with E-state index >= 15 is 0 Å². The first kappa shape index (κ1) is 15.9. The Bertz CT molecular complexity index is 440. The number of hydrogen-bond donors (Lipinski definition) is 2. The topological polar surface area (TPSA) is 58.6 Å². The monoisotopic (exact) mass is 289 g/mol. The Hall–Kier alpha value is -1.17. The van der Waals surface area contributed by atoms with Crippen LogP contribution in [0.15, 0.2) is 12.1 Å². The lowest BCUT2D eigenvalue weighted by Crippen LogP contribution is -2.25. The molecular weight excluding hydrogens is 273 g/mol. The van der Waals surface area contributed by atoms with Crippen molar-refractivity contribution in [3.05, 3.63) is 34.1 Å². The van der Waals surface area contributed by atoms with Crippen LogP contribution in [0.2, 0.25) is 5.02 Å². The molecule has 6 heteroatoms. The molecule has 1 aromatic carbocycles. The van der Waals surface area contributed by atoms with Crippen molar-refractivity contribution >= 4 is 17.5 Å². The van der Waals surface area contributed by atoms with Crippen LogP contribution in [-0.2, 0) is 4.74 Å². The van der Waals surface area contributed by atoms with E-state index in [1.165, 1.54) is 6.07 Å². The molecule has 0 aromatic heterocycles. The summed E-state index contributed by atoms with van der Waals surface area (Å²) in [6.07, 6.45) is 0.629. The van der Waals surface area contributed by atoms with E-state index in [0.717, 1.165) is 6.07 Å². The number of carbonyl (C=O) groups is 1. The predicted molar refractivity (Wildman–Crippen MR) is 71.0 cm³/mol. The summed E-state index contributed by atoms with van der Waals surface area (Å²) in [6.45, 7) is 2.73. The Balaban J connectivity index is 2.43. The maximum atomic E-state index is 13.2. The SMILES string of the molecule is Cc1cc(C(=O)NCCCOCCO)c(Cl)cc1F. The summed E-state index contributed by atoms with van der Waals surface area (Å²) in [5.41, 5.74) is 0.637. The third kappa shape index (κ3) is 5.14. The molecule has 0 radical (unpaired) electrons. The molecule has 0 heterocycles. The molecule has 0 bridgehead atoms. The number of benzene rings is 1. The largest absolute Gasteiger partial charge is 0.394 e. The minimum Gasteiger partial charge on any atom is -0.394 e. The molecule has 19 heavy (non-hydrogen) atoms. The van der Waals surface area contributed by atoms with Gasteiger partial charge in [-0.25, -0.2) is 4.39 Å². The van der Waals surface area contributed by atoms with Gasteiger partial charge in [-0.05, 0) is 31.0 Å². The van der Waals surface area contributed by atoms with E-state index in [4.69, 9.17) is 21.4 Å². The number of rotatable bonds is 7. The fourth-order valence-corrected chi connectivity index (χ4v) is 1.71. The highest BCUT2D eigenvalue weighted by atomic mass is 35.5. The van der Waals surface area contributed by atoms with Crippen LogP contribution in [0.1, 0.15) is 22.3 Å². The number of aryl methyl sites for hydroxylation is 1. The molecule has 0 aliphatic rings. The maximum Gasteiger partial charge on any atom is 0.252 e. The normalized spacial score (nSPS) is 10.5. The molecule has 0 fully saturated rings. The van der Waals surface area contributed by atoms with E-state index in [1.54, 1.807) is 6.92 Å². The second-order valence-corrected chi connectivity index (χ2v) is 4.43. The minimum absolute atomic E-state index is 0.0170. The summed E-state index contributed by atoms with van der Waals surface area (Å²) in [5.74, 6) is -0.769. The highest BCUT2D eigenvalue weighted by molar-refractivity contribution is 6.33. The molecule has 0 saturated carbocycles. The highest BCUT2D eigenvalue weighted by Gasteiger charge is 2.12. The quantitative estimate of drug-likeness (QED) is 0.754. The Labute approximate surface area is 116 Å². The molecule has 0 aliphatic carbocycles. The van der Waals surface area contributed by atoms with Crippen LogP contribution in [0, 0.1) is 12.7 Å². The van der Waals surface area contributed by atoms with Gasteiger partial charge in [0.1, 0.15) is 5.82 Å². The molecule has 0 atom stereocenters. The predicted octanol–water partition coefficient (Wildman–Crippen LogP) is 1.92. The fourth-order valence-electron chi connectivity index (χ4n) is 1.47. The number of hydrogen-bond acceptors (Lipinski definition) is 3. The summed E-state index contributed by atoms with van der Waals surface area (Å²) in [5, 5.41) is 11.3. The van der Waals surface area contributed by atoms with Crippen LogP contribution in [0.3, 0.4) is 0 Å². The van der Waals surface area contributed by atoms with E-state index in [2.05, 4.69) is 5.32 Å². The van der Waals surface area contributed by atoms with Gasteiger partial charge in [0.05, 0.1) is 23.8 Å². The standard InChI is InChI=1S/C13H17ClFNO3/c1-9-7-10(11(14)8-12(9)15)13(18)16-3-2-5-19-6-4-17/h7-8,17H,2-6H2,1H3,(H,16,18). The smallest absolute Gasteiger partial charge is 0.252 e. The van der Waals surface area contributed by atoms with Crippen molar-refractivity contribution < 1.29 is 19.0 Å². The third-order valence-corrected chi connectivity index (χ3v) is 2.79. The third-order valence-electron chi connectivity index (χ3n) is 2.48. The van der Waals surface area contributed by atoms with Gasteiger partial charge in [-0.15, -0.1) is 0 Å². The summed E-state index contributed by atoms with van der Waals surface area (Å²) >= 11 is 5.82. The lowest BCUT2D eigenvalue weighted by atomic mass is 10.1. The number of aliphatic hydroxyl groups excluding tert-OH is 1. The molecular formula is C13H17ClFNO3. The molecule has 106 valence electrons.